The zero-order chi connectivity index (χ0) is 12.9. The van der Waals surface area contributed by atoms with Crippen LogP contribution in [0.15, 0.2) is 0 Å². The van der Waals surface area contributed by atoms with Crippen molar-refractivity contribution in [3.8, 4) is 0 Å². The van der Waals surface area contributed by atoms with E-state index in [0.29, 0.717) is 12.8 Å². The number of carbonyl (C=O) groups is 2. The Morgan fingerprint density at radius 3 is 2.29 bits per heavy atom. The molecular weight excluding hydrogens is 240 g/mol. The second-order valence-electron chi connectivity index (χ2n) is 4.65. The van der Waals surface area contributed by atoms with Crippen LogP contribution in [-0.2, 0) is 19.1 Å². The Morgan fingerprint density at radius 2 is 1.82 bits per heavy atom. The molecule has 0 amide bonds. The minimum Gasteiger partial charge on any atom is -0.469 e. The molecule has 1 unspecified atom stereocenters. The Kier molecular flexibility index (Phi) is 5.31. The monoisotopic (exact) mass is 260 g/mol. The van der Waals surface area contributed by atoms with Gasteiger partial charge in [0, 0.05) is 5.25 Å². The van der Waals surface area contributed by atoms with Crippen molar-refractivity contribution in [1.29, 1.82) is 0 Å². The van der Waals surface area contributed by atoms with E-state index >= 15 is 0 Å². The predicted molar refractivity (Wildman–Crippen MR) is 66.9 cm³/mol. The highest BCUT2D eigenvalue weighted by Crippen LogP contribution is 2.51. The first-order valence-electron chi connectivity index (χ1n) is 5.76. The van der Waals surface area contributed by atoms with E-state index in [1.54, 1.807) is 11.8 Å². The summed E-state index contributed by atoms with van der Waals surface area (Å²) in [7, 11) is 2.82. The first kappa shape index (κ1) is 14.4. The molecule has 1 aliphatic carbocycles. The van der Waals surface area contributed by atoms with E-state index in [-0.39, 0.29) is 22.6 Å². The van der Waals surface area contributed by atoms with Gasteiger partial charge in [-0.2, -0.15) is 11.8 Å². The third-order valence-electron chi connectivity index (χ3n) is 3.06. The van der Waals surface area contributed by atoms with Gasteiger partial charge in [-0.3, -0.25) is 9.59 Å². The lowest BCUT2D eigenvalue weighted by Gasteiger charge is -2.16. The van der Waals surface area contributed by atoms with Crippen LogP contribution < -0.4 is 0 Å². The molecule has 1 aliphatic rings. The minimum absolute atomic E-state index is 0.127. The van der Waals surface area contributed by atoms with Crippen LogP contribution in [0.3, 0.4) is 0 Å². The maximum Gasteiger partial charge on any atom is 0.306 e. The highest BCUT2D eigenvalue weighted by Gasteiger charge is 2.44. The van der Waals surface area contributed by atoms with Crippen molar-refractivity contribution < 1.29 is 19.1 Å². The summed E-state index contributed by atoms with van der Waals surface area (Å²) in [5.41, 5.74) is 0.127. The van der Waals surface area contributed by atoms with Crippen molar-refractivity contribution >= 4 is 23.7 Å². The highest BCUT2D eigenvalue weighted by molar-refractivity contribution is 7.99. The van der Waals surface area contributed by atoms with Crippen molar-refractivity contribution in [2.45, 2.75) is 37.9 Å². The molecule has 0 spiro atoms. The van der Waals surface area contributed by atoms with Crippen LogP contribution in [-0.4, -0.2) is 37.2 Å². The van der Waals surface area contributed by atoms with E-state index < -0.39 is 0 Å². The SMILES string of the molecule is COC(=O)CC(C)SCC1(CC(=O)OC)CC1. The molecule has 0 aromatic rings. The van der Waals surface area contributed by atoms with Crippen molar-refractivity contribution in [2.75, 3.05) is 20.0 Å². The number of carbonyl (C=O) groups excluding carboxylic acids is 2. The lowest BCUT2D eigenvalue weighted by molar-refractivity contribution is -0.142. The smallest absolute Gasteiger partial charge is 0.306 e. The quantitative estimate of drug-likeness (QED) is 0.655. The van der Waals surface area contributed by atoms with Crippen LogP contribution in [0.2, 0.25) is 0 Å². The Morgan fingerprint density at radius 1 is 1.24 bits per heavy atom. The van der Waals surface area contributed by atoms with Crippen LogP contribution >= 0.6 is 11.8 Å². The van der Waals surface area contributed by atoms with Gasteiger partial charge in [-0.05, 0) is 24.0 Å². The van der Waals surface area contributed by atoms with Crippen LogP contribution in [0.4, 0.5) is 0 Å². The molecule has 0 N–H and O–H groups in total. The van der Waals surface area contributed by atoms with Crippen molar-refractivity contribution in [2.24, 2.45) is 5.41 Å². The Labute approximate surface area is 106 Å². The fourth-order valence-corrected chi connectivity index (χ4v) is 2.91. The summed E-state index contributed by atoms with van der Waals surface area (Å²) in [6.07, 6.45) is 3.09. The second kappa shape index (κ2) is 6.28. The molecule has 17 heavy (non-hydrogen) atoms. The average Bonchev–Trinajstić information content (AvgIpc) is 3.06. The summed E-state index contributed by atoms with van der Waals surface area (Å²) in [4.78, 5) is 22.3. The molecule has 0 bridgehead atoms. The van der Waals surface area contributed by atoms with Crippen LogP contribution in [0.1, 0.15) is 32.6 Å². The fourth-order valence-electron chi connectivity index (χ4n) is 1.62. The maximum absolute atomic E-state index is 11.2. The number of methoxy groups -OCH3 is 2. The van der Waals surface area contributed by atoms with E-state index in [0.717, 1.165) is 18.6 Å². The van der Waals surface area contributed by atoms with E-state index in [1.807, 2.05) is 6.92 Å². The lowest BCUT2D eigenvalue weighted by Crippen LogP contribution is -2.16. The standard InChI is InChI=1S/C12H20O4S/c1-9(6-10(13)15-2)17-8-12(4-5-12)7-11(14)16-3/h9H,4-8H2,1-3H3. The Hall–Kier alpha value is -0.710. The number of hydrogen-bond donors (Lipinski definition) is 0. The lowest BCUT2D eigenvalue weighted by atomic mass is 10.1. The van der Waals surface area contributed by atoms with Gasteiger partial charge in [0.25, 0.3) is 0 Å². The van der Waals surface area contributed by atoms with Crippen molar-refractivity contribution in [1.82, 2.24) is 0 Å². The molecule has 98 valence electrons. The average molecular weight is 260 g/mol. The summed E-state index contributed by atoms with van der Waals surface area (Å²) in [5.74, 6) is 0.604. The first-order chi connectivity index (χ1) is 8.01. The minimum atomic E-state index is -0.178. The summed E-state index contributed by atoms with van der Waals surface area (Å²) >= 11 is 1.73. The topological polar surface area (TPSA) is 52.6 Å². The molecular formula is C12H20O4S. The Balaban J connectivity index is 2.25. The van der Waals surface area contributed by atoms with Gasteiger partial charge in [0.15, 0.2) is 0 Å². The van der Waals surface area contributed by atoms with Gasteiger partial charge in [-0.1, -0.05) is 6.92 Å². The Bertz CT molecular complexity index is 286. The number of hydrogen-bond acceptors (Lipinski definition) is 5. The molecule has 0 aliphatic heterocycles. The van der Waals surface area contributed by atoms with Gasteiger partial charge < -0.3 is 9.47 Å². The van der Waals surface area contributed by atoms with Gasteiger partial charge >= 0.3 is 11.9 Å². The fraction of sp³-hybridized carbons (Fsp3) is 0.833. The highest BCUT2D eigenvalue weighted by atomic mass is 32.2. The third-order valence-corrected chi connectivity index (χ3v) is 4.57. The second-order valence-corrected chi connectivity index (χ2v) is 6.08. The molecule has 5 heteroatoms. The molecule has 1 rings (SSSR count). The summed E-state index contributed by atoms with van der Waals surface area (Å²) in [6.45, 7) is 2.01. The van der Waals surface area contributed by atoms with Crippen LogP contribution in [0.5, 0.6) is 0 Å². The predicted octanol–water partition coefficient (Wildman–Crippen LogP) is 2.01. The summed E-state index contributed by atoms with van der Waals surface area (Å²) < 4.78 is 9.32. The van der Waals surface area contributed by atoms with Crippen molar-refractivity contribution in [3.05, 3.63) is 0 Å². The van der Waals surface area contributed by atoms with Crippen molar-refractivity contribution in [3.63, 3.8) is 0 Å². The van der Waals surface area contributed by atoms with Gasteiger partial charge in [0.1, 0.15) is 0 Å². The molecule has 0 saturated heterocycles. The molecule has 0 radical (unpaired) electrons. The van der Waals surface area contributed by atoms with E-state index in [2.05, 4.69) is 4.74 Å². The molecule has 4 nitrogen and oxygen atoms in total. The van der Waals surface area contributed by atoms with E-state index in [9.17, 15) is 9.59 Å². The summed E-state index contributed by atoms with van der Waals surface area (Å²) in [5, 5.41) is 0.234. The molecule has 0 aromatic heterocycles. The van der Waals surface area contributed by atoms with Gasteiger partial charge in [0.05, 0.1) is 27.1 Å². The molecule has 0 heterocycles. The zero-order valence-corrected chi connectivity index (χ0v) is 11.5. The van der Waals surface area contributed by atoms with E-state index in [4.69, 9.17) is 4.74 Å². The van der Waals surface area contributed by atoms with E-state index in [1.165, 1.54) is 14.2 Å². The first-order valence-corrected chi connectivity index (χ1v) is 6.81. The summed E-state index contributed by atoms with van der Waals surface area (Å²) in [6, 6.07) is 0. The molecule has 1 saturated carbocycles. The number of rotatable bonds is 7. The zero-order valence-electron chi connectivity index (χ0n) is 10.7. The molecule has 1 atom stereocenters. The molecule has 0 aromatic carbocycles. The normalized spacial score (nSPS) is 18.3. The van der Waals surface area contributed by atoms with Gasteiger partial charge in [0.2, 0.25) is 0 Å². The number of esters is 2. The largest absolute Gasteiger partial charge is 0.469 e. The molecule has 1 fully saturated rings. The number of ether oxygens (including phenoxy) is 2. The third kappa shape index (κ3) is 4.98. The van der Waals surface area contributed by atoms with Crippen LogP contribution in [0.25, 0.3) is 0 Å². The van der Waals surface area contributed by atoms with Crippen LogP contribution in [0, 0.1) is 5.41 Å². The number of thioether (sulfide) groups is 1. The van der Waals surface area contributed by atoms with Gasteiger partial charge in [-0.25, -0.2) is 0 Å². The van der Waals surface area contributed by atoms with Gasteiger partial charge in [-0.15, -0.1) is 0 Å². The maximum atomic E-state index is 11.2.